The molecule has 2 saturated heterocycles. The van der Waals surface area contributed by atoms with Crippen LogP contribution < -0.4 is 4.90 Å². The number of likely N-dealkylation sites (tertiary alicyclic amines) is 2. The second-order valence-electron chi connectivity index (χ2n) is 9.53. The van der Waals surface area contributed by atoms with E-state index in [4.69, 9.17) is 4.74 Å². The largest absolute Gasteiger partial charge is 0.465 e. The highest BCUT2D eigenvalue weighted by Gasteiger charge is 2.39. The average Bonchev–Trinajstić information content (AvgIpc) is 3.46. The fourth-order valence-electron chi connectivity index (χ4n) is 6.06. The van der Waals surface area contributed by atoms with Crippen molar-refractivity contribution in [3.8, 4) is 0 Å². The Bertz CT molecular complexity index is 881. The van der Waals surface area contributed by atoms with Crippen LogP contribution in [0.2, 0.25) is 0 Å². The van der Waals surface area contributed by atoms with E-state index in [1.807, 2.05) is 11.0 Å². The molecule has 1 aliphatic carbocycles. The lowest BCUT2D eigenvalue weighted by atomic mass is 10.0. The van der Waals surface area contributed by atoms with Gasteiger partial charge in [-0.25, -0.2) is 4.79 Å². The number of benzene rings is 1. The zero-order valence-corrected chi connectivity index (χ0v) is 18.2. The number of esters is 1. The minimum Gasteiger partial charge on any atom is -0.465 e. The summed E-state index contributed by atoms with van der Waals surface area (Å²) >= 11 is 0. The summed E-state index contributed by atoms with van der Waals surface area (Å²) in [4.78, 5) is 43.6. The molecule has 1 aromatic rings. The summed E-state index contributed by atoms with van der Waals surface area (Å²) in [6.45, 7) is 4.06. The van der Waals surface area contributed by atoms with Crippen LogP contribution in [-0.2, 0) is 20.7 Å². The summed E-state index contributed by atoms with van der Waals surface area (Å²) in [6.07, 6.45) is 5.95. The molecule has 0 radical (unpaired) electrons. The van der Waals surface area contributed by atoms with Gasteiger partial charge in [-0.05, 0) is 61.3 Å². The third-order valence-corrected chi connectivity index (χ3v) is 7.73. The molecule has 3 fully saturated rings. The van der Waals surface area contributed by atoms with Crippen LogP contribution in [0.3, 0.4) is 0 Å². The number of carbonyl (C=O) groups excluding carboxylic acids is 3. The lowest BCUT2D eigenvalue weighted by Gasteiger charge is -2.37. The molecule has 0 N–H and O–H groups in total. The Kier molecular flexibility index (Phi) is 5.46. The predicted molar refractivity (Wildman–Crippen MR) is 116 cm³/mol. The quantitative estimate of drug-likeness (QED) is 0.691. The number of ether oxygens (including phenoxy) is 1. The molecule has 0 unspecified atom stereocenters. The van der Waals surface area contributed by atoms with Crippen LogP contribution in [0.25, 0.3) is 0 Å². The van der Waals surface area contributed by atoms with E-state index in [9.17, 15) is 14.4 Å². The number of methoxy groups -OCH3 is 1. The first-order chi connectivity index (χ1) is 15.0. The van der Waals surface area contributed by atoms with Crippen molar-refractivity contribution in [1.82, 2.24) is 9.80 Å². The zero-order valence-electron chi connectivity index (χ0n) is 18.2. The van der Waals surface area contributed by atoms with Gasteiger partial charge in [-0.15, -0.1) is 0 Å². The van der Waals surface area contributed by atoms with Crippen molar-refractivity contribution >= 4 is 23.5 Å². The summed E-state index contributed by atoms with van der Waals surface area (Å²) in [5.74, 6) is 1.44. The third-order valence-electron chi connectivity index (χ3n) is 7.73. The summed E-state index contributed by atoms with van der Waals surface area (Å²) in [7, 11) is 1.36. The highest BCUT2D eigenvalue weighted by Crippen LogP contribution is 2.38. The van der Waals surface area contributed by atoms with E-state index in [0.717, 1.165) is 62.1 Å². The summed E-state index contributed by atoms with van der Waals surface area (Å²) in [5.41, 5.74) is 2.29. The molecule has 7 heteroatoms. The SMILES string of the molecule is COC(=O)c1ccc2c(c1)CC(=O)N2C1CCN(CC(=O)N2C[C@H]3CCC[C@H]3C2)CC1. The monoisotopic (exact) mass is 425 g/mol. The van der Waals surface area contributed by atoms with Crippen LogP contribution in [0.4, 0.5) is 5.69 Å². The molecule has 4 aliphatic rings. The first-order valence-electron chi connectivity index (χ1n) is 11.6. The van der Waals surface area contributed by atoms with Gasteiger partial charge in [0.1, 0.15) is 0 Å². The highest BCUT2D eigenvalue weighted by molar-refractivity contribution is 6.03. The van der Waals surface area contributed by atoms with Gasteiger partial charge >= 0.3 is 5.97 Å². The number of amides is 2. The molecule has 5 rings (SSSR count). The zero-order chi connectivity index (χ0) is 21.5. The fourth-order valence-corrected chi connectivity index (χ4v) is 6.06. The molecule has 0 bridgehead atoms. The first-order valence-corrected chi connectivity index (χ1v) is 11.6. The fraction of sp³-hybridized carbons (Fsp3) is 0.625. The summed E-state index contributed by atoms with van der Waals surface area (Å²) < 4.78 is 4.79. The van der Waals surface area contributed by atoms with E-state index >= 15 is 0 Å². The van der Waals surface area contributed by atoms with E-state index in [1.165, 1.54) is 26.4 Å². The Labute approximate surface area is 183 Å². The lowest BCUT2D eigenvalue weighted by molar-refractivity contribution is -0.132. The minimum absolute atomic E-state index is 0.0927. The molecule has 0 aromatic heterocycles. The molecule has 31 heavy (non-hydrogen) atoms. The molecule has 3 aliphatic heterocycles. The van der Waals surface area contributed by atoms with Gasteiger partial charge in [0.15, 0.2) is 0 Å². The second-order valence-corrected chi connectivity index (χ2v) is 9.53. The Morgan fingerprint density at radius 1 is 1.06 bits per heavy atom. The van der Waals surface area contributed by atoms with Gasteiger partial charge in [-0.2, -0.15) is 0 Å². The average molecular weight is 426 g/mol. The summed E-state index contributed by atoms with van der Waals surface area (Å²) in [5, 5.41) is 0. The van der Waals surface area contributed by atoms with E-state index in [2.05, 4.69) is 9.80 Å². The smallest absolute Gasteiger partial charge is 0.337 e. The van der Waals surface area contributed by atoms with Crippen LogP contribution in [0.15, 0.2) is 18.2 Å². The minimum atomic E-state index is -0.381. The lowest BCUT2D eigenvalue weighted by Crippen LogP contribution is -2.49. The number of hydrogen-bond donors (Lipinski definition) is 0. The van der Waals surface area contributed by atoms with Crippen LogP contribution in [0.5, 0.6) is 0 Å². The Balaban J connectivity index is 1.17. The van der Waals surface area contributed by atoms with Gasteiger partial charge in [0, 0.05) is 37.9 Å². The van der Waals surface area contributed by atoms with Gasteiger partial charge < -0.3 is 14.5 Å². The molecule has 1 aromatic carbocycles. The van der Waals surface area contributed by atoms with E-state index < -0.39 is 0 Å². The van der Waals surface area contributed by atoms with Crippen LogP contribution in [-0.4, -0.2) is 73.5 Å². The van der Waals surface area contributed by atoms with Crippen molar-refractivity contribution < 1.29 is 19.1 Å². The van der Waals surface area contributed by atoms with Crippen molar-refractivity contribution in [3.05, 3.63) is 29.3 Å². The Morgan fingerprint density at radius 2 is 1.77 bits per heavy atom. The third kappa shape index (κ3) is 3.84. The van der Waals surface area contributed by atoms with Gasteiger partial charge in [-0.1, -0.05) is 6.42 Å². The molecule has 1 saturated carbocycles. The maximum absolute atomic E-state index is 12.8. The van der Waals surface area contributed by atoms with Crippen molar-refractivity contribution in [2.75, 3.05) is 44.7 Å². The second kappa shape index (κ2) is 8.26. The van der Waals surface area contributed by atoms with Crippen molar-refractivity contribution in [3.63, 3.8) is 0 Å². The Hall–Kier alpha value is -2.41. The van der Waals surface area contributed by atoms with Crippen molar-refractivity contribution in [1.29, 1.82) is 0 Å². The van der Waals surface area contributed by atoms with E-state index in [1.54, 1.807) is 12.1 Å². The molecule has 7 nitrogen and oxygen atoms in total. The van der Waals surface area contributed by atoms with Crippen molar-refractivity contribution in [2.45, 2.75) is 44.6 Å². The van der Waals surface area contributed by atoms with E-state index in [-0.39, 0.29) is 23.8 Å². The van der Waals surface area contributed by atoms with Gasteiger partial charge in [0.05, 0.1) is 25.6 Å². The van der Waals surface area contributed by atoms with Crippen molar-refractivity contribution in [2.24, 2.45) is 11.8 Å². The van der Waals surface area contributed by atoms with Gasteiger partial charge in [-0.3, -0.25) is 14.5 Å². The van der Waals surface area contributed by atoms with E-state index in [0.29, 0.717) is 18.5 Å². The number of piperidine rings is 1. The van der Waals surface area contributed by atoms with Crippen LogP contribution in [0.1, 0.15) is 48.0 Å². The molecular formula is C24H31N3O4. The number of anilines is 1. The van der Waals surface area contributed by atoms with Crippen LogP contribution in [0, 0.1) is 11.8 Å². The molecular weight excluding hydrogens is 394 g/mol. The molecule has 3 heterocycles. The molecule has 2 amide bonds. The molecule has 2 atom stereocenters. The van der Waals surface area contributed by atoms with Gasteiger partial charge in [0.25, 0.3) is 0 Å². The number of nitrogens with zero attached hydrogens (tertiary/aromatic N) is 3. The normalized spacial score (nSPS) is 26.3. The summed E-state index contributed by atoms with van der Waals surface area (Å²) in [6, 6.07) is 5.52. The Morgan fingerprint density at radius 3 is 2.45 bits per heavy atom. The standard InChI is InChI=1S/C24H31N3O4/c1-31-24(30)16-5-6-21-19(11-16)12-22(28)27(21)20-7-9-25(10-8-20)15-23(29)26-13-17-3-2-4-18(17)14-26/h5-6,11,17-18,20H,2-4,7-10,12-15H2,1H3/t17-,18+. The maximum atomic E-state index is 12.8. The van der Waals surface area contributed by atoms with Gasteiger partial charge in [0.2, 0.25) is 11.8 Å². The highest BCUT2D eigenvalue weighted by atomic mass is 16.5. The first kappa shape index (κ1) is 20.5. The number of carbonyl (C=O) groups is 3. The van der Waals surface area contributed by atoms with Crippen LogP contribution >= 0.6 is 0 Å². The number of fused-ring (bicyclic) bond motifs is 2. The molecule has 166 valence electrons. The topological polar surface area (TPSA) is 70.2 Å². The predicted octanol–water partition coefficient (Wildman–Crippen LogP) is 2.09. The maximum Gasteiger partial charge on any atom is 0.337 e. The number of rotatable bonds is 4. The number of hydrogen-bond acceptors (Lipinski definition) is 5. The molecule has 0 spiro atoms.